The summed E-state index contributed by atoms with van der Waals surface area (Å²) in [6.45, 7) is 3.76. The number of rotatable bonds is 41. The molecule has 1 aliphatic heterocycles. The van der Waals surface area contributed by atoms with E-state index in [1.54, 1.807) is 6.08 Å². The molecule has 0 spiro atoms. The molecule has 1 rings (SSSR count). The Hall–Kier alpha value is -1.59. The van der Waals surface area contributed by atoms with E-state index < -0.39 is 49.5 Å². The standard InChI is InChI=1S/C50H93NO8/c1-3-5-7-9-11-13-15-17-19-21-22-24-26-28-30-32-34-36-38-40-46(54)51-43(42-58-50-49(57)48(56)47(55)45(41-52)59-50)44(53)39-37-35-33-31-29-27-25-23-20-18-16-14-12-10-8-6-4-2/h17,19,29,31,37,39,43-45,47-50,52-53,55-57H,3-16,18,20-28,30,32-36,38,40-42H2,1-2H3,(H,51,54)/b19-17+,31-29+,39-37+/t43-,44+,45-,47-,48?,49?,50-/m0/s1. The summed E-state index contributed by atoms with van der Waals surface area (Å²) in [6.07, 6.45) is 43.3. The first kappa shape index (κ1) is 55.4. The smallest absolute Gasteiger partial charge is 0.220 e. The molecule has 0 aromatic heterocycles. The third kappa shape index (κ3) is 31.0. The molecule has 2 unspecified atom stereocenters. The second-order valence-electron chi connectivity index (χ2n) is 17.2. The molecule has 1 aliphatic rings. The van der Waals surface area contributed by atoms with Crippen molar-refractivity contribution >= 4 is 5.91 Å². The van der Waals surface area contributed by atoms with Crippen LogP contribution in [0.1, 0.15) is 219 Å². The summed E-state index contributed by atoms with van der Waals surface area (Å²) in [5, 5.41) is 54.3. The van der Waals surface area contributed by atoms with E-state index in [4.69, 9.17) is 9.47 Å². The van der Waals surface area contributed by atoms with Crippen molar-refractivity contribution in [2.45, 2.75) is 262 Å². The molecule has 6 N–H and O–H groups in total. The van der Waals surface area contributed by atoms with E-state index in [1.165, 1.54) is 161 Å². The fraction of sp³-hybridized carbons (Fsp3) is 0.860. The van der Waals surface area contributed by atoms with E-state index in [9.17, 15) is 30.3 Å². The Morgan fingerprint density at radius 3 is 1.42 bits per heavy atom. The Morgan fingerprint density at radius 1 is 0.559 bits per heavy atom. The van der Waals surface area contributed by atoms with Gasteiger partial charge < -0.3 is 40.3 Å². The van der Waals surface area contributed by atoms with E-state index in [-0.39, 0.29) is 12.5 Å². The highest BCUT2D eigenvalue weighted by Gasteiger charge is 2.44. The van der Waals surface area contributed by atoms with Gasteiger partial charge in [-0.3, -0.25) is 4.79 Å². The molecule has 0 bridgehead atoms. The van der Waals surface area contributed by atoms with Crippen LogP contribution in [0.25, 0.3) is 0 Å². The minimum atomic E-state index is -1.57. The molecule has 0 radical (unpaired) electrons. The number of allylic oxidation sites excluding steroid dienone is 5. The van der Waals surface area contributed by atoms with Crippen LogP contribution in [0.3, 0.4) is 0 Å². The third-order valence-corrected chi connectivity index (χ3v) is 11.7. The lowest BCUT2D eigenvalue weighted by Gasteiger charge is -2.40. The zero-order chi connectivity index (χ0) is 43.0. The van der Waals surface area contributed by atoms with Gasteiger partial charge in [0.05, 0.1) is 25.4 Å². The predicted molar refractivity (Wildman–Crippen MR) is 244 cm³/mol. The summed E-state index contributed by atoms with van der Waals surface area (Å²) in [4.78, 5) is 13.0. The minimum absolute atomic E-state index is 0.189. The van der Waals surface area contributed by atoms with Crippen LogP contribution < -0.4 is 5.32 Å². The number of ether oxygens (including phenoxy) is 2. The van der Waals surface area contributed by atoms with Crippen LogP contribution in [0.2, 0.25) is 0 Å². The van der Waals surface area contributed by atoms with Gasteiger partial charge in [0.25, 0.3) is 0 Å². The van der Waals surface area contributed by atoms with Crippen molar-refractivity contribution in [3.05, 3.63) is 36.5 Å². The first-order valence-corrected chi connectivity index (χ1v) is 24.7. The van der Waals surface area contributed by atoms with Crippen molar-refractivity contribution in [3.63, 3.8) is 0 Å². The quantitative estimate of drug-likeness (QED) is 0.0263. The highest BCUT2D eigenvalue weighted by Crippen LogP contribution is 2.23. The highest BCUT2D eigenvalue weighted by atomic mass is 16.7. The zero-order valence-electron chi connectivity index (χ0n) is 38.0. The molecular formula is C50H93NO8. The van der Waals surface area contributed by atoms with Crippen LogP contribution in [0.5, 0.6) is 0 Å². The third-order valence-electron chi connectivity index (χ3n) is 11.7. The lowest BCUT2D eigenvalue weighted by molar-refractivity contribution is -0.302. The van der Waals surface area contributed by atoms with Crippen LogP contribution in [-0.2, 0) is 14.3 Å². The minimum Gasteiger partial charge on any atom is -0.394 e. The maximum absolute atomic E-state index is 13.0. The fourth-order valence-electron chi connectivity index (χ4n) is 7.70. The fourth-order valence-corrected chi connectivity index (χ4v) is 7.70. The molecule has 346 valence electrons. The summed E-state index contributed by atoms with van der Waals surface area (Å²) in [7, 11) is 0. The van der Waals surface area contributed by atoms with E-state index in [0.29, 0.717) is 6.42 Å². The topological polar surface area (TPSA) is 149 Å². The SMILES string of the molecule is CCCCCCCC/C=C/CCCCCCCCCCCC(=O)N[C@@H](CO[C@H]1O[C@@H](CO)[C@H](O)C(O)C1O)[C@H](O)/C=C/CC/C=C/CCCCCCCCCCCCC. The van der Waals surface area contributed by atoms with Crippen molar-refractivity contribution in [1.29, 1.82) is 0 Å². The molecule has 9 heteroatoms. The zero-order valence-corrected chi connectivity index (χ0v) is 38.0. The van der Waals surface area contributed by atoms with Gasteiger partial charge in [0, 0.05) is 6.42 Å². The number of aliphatic hydroxyl groups excluding tert-OH is 5. The maximum atomic E-state index is 13.0. The van der Waals surface area contributed by atoms with Crippen LogP contribution in [0.4, 0.5) is 0 Å². The Bertz CT molecular complexity index is 1020. The van der Waals surface area contributed by atoms with Gasteiger partial charge in [-0.2, -0.15) is 0 Å². The molecule has 9 nitrogen and oxygen atoms in total. The van der Waals surface area contributed by atoms with Gasteiger partial charge in [-0.15, -0.1) is 0 Å². The molecule has 1 saturated heterocycles. The van der Waals surface area contributed by atoms with Crippen molar-refractivity contribution in [2.24, 2.45) is 0 Å². The van der Waals surface area contributed by atoms with E-state index in [2.05, 4.69) is 43.5 Å². The van der Waals surface area contributed by atoms with Crippen molar-refractivity contribution in [1.82, 2.24) is 5.32 Å². The summed E-state index contributed by atoms with van der Waals surface area (Å²) >= 11 is 0. The highest BCUT2D eigenvalue weighted by molar-refractivity contribution is 5.76. The largest absolute Gasteiger partial charge is 0.394 e. The Morgan fingerprint density at radius 2 is 0.966 bits per heavy atom. The van der Waals surface area contributed by atoms with Gasteiger partial charge in [-0.1, -0.05) is 192 Å². The number of hydrogen-bond acceptors (Lipinski definition) is 8. The predicted octanol–water partition coefficient (Wildman–Crippen LogP) is 10.8. The molecule has 1 fully saturated rings. The van der Waals surface area contributed by atoms with Gasteiger partial charge in [0.2, 0.25) is 5.91 Å². The van der Waals surface area contributed by atoms with Crippen LogP contribution in [0, 0.1) is 0 Å². The van der Waals surface area contributed by atoms with E-state index in [1.807, 2.05) is 6.08 Å². The molecule has 1 amide bonds. The number of carbonyl (C=O) groups excluding carboxylic acids is 1. The summed E-state index contributed by atoms with van der Waals surface area (Å²) in [5.74, 6) is -0.189. The number of hydrogen-bond donors (Lipinski definition) is 6. The average molecular weight is 836 g/mol. The average Bonchev–Trinajstić information content (AvgIpc) is 3.23. The van der Waals surface area contributed by atoms with Gasteiger partial charge in [-0.05, 0) is 57.8 Å². The number of unbranched alkanes of at least 4 members (excludes halogenated alkanes) is 27. The van der Waals surface area contributed by atoms with Crippen molar-refractivity contribution in [3.8, 4) is 0 Å². The maximum Gasteiger partial charge on any atom is 0.220 e. The molecular weight excluding hydrogens is 743 g/mol. The van der Waals surface area contributed by atoms with Crippen molar-refractivity contribution < 1.29 is 39.8 Å². The molecule has 7 atom stereocenters. The Labute approximate surface area is 361 Å². The van der Waals surface area contributed by atoms with Crippen LogP contribution in [-0.4, -0.2) is 87.5 Å². The summed E-state index contributed by atoms with van der Waals surface area (Å²) in [5.41, 5.74) is 0. The Kier molecular flexibility index (Phi) is 38.0. The number of aliphatic hydroxyl groups is 5. The van der Waals surface area contributed by atoms with Gasteiger partial charge in [-0.25, -0.2) is 0 Å². The second-order valence-corrected chi connectivity index (χ2v) is 17.2. The first-order chi connectivity index (χ1) is 28.8. The second kappa shape index (κ2) is 40.5. The first-order valence-electron chi connectivity index (χ1n) is 24.7. The van der Waals surface area contributed by atoms with Crippen molar-refractivity contribution in [2.75, 3.05) is 13.2 Å². The Balaban J connectivity index is 2.34. The van der Waals surface area contributed by atoms with Gasteiger partial charge >= 0.3 is 0 Å². The number of carbonyl (C=O) groups is 1. The lowest BCUT2D eigenvalue weighted by atomic mass is 9.99. The molecule has 0 aromatic carbocycles. The summed E-state index contributed by atoms with van der Waals surface area (Å²) in [6, 6.07) is -0.821. The van der Waals surface area contributed by atoms with E-state index in [0.717, 1.165) is 38.5 Å². The molecule has 0 saturated carbocycles. The molecule has 0 aromatic rings. The van der Waals surface area contributed by atoms with Crippen LogP contribution in [0.15, 0.2) is 36.5 Å². The van der Waals surface area contributed by atoms with Crippen LogP contribution >= 0.6 is 0 Å². The molecule has 0 aliphatic carbocycles. The monoisotopic (exact) mass is 836 g/mol. The normalized spacial score (nSPS) is 21.0. The number of nitrogens with one attached hydrogen (secondary N) is 1. The van der Waals surface area contributed by atoms with Gasteiger partial charge in [0.15, 0.2) is 6.29 Å². The molecule has 1 heterocycles. The molecule has 59 heavy (non-hydrogen) atoms. The van der Waals surface area contributed by atoms with Gasteiger partial charge in [0.1, 0.15) is 24.4 Å². The lowest BCUT2D eigenvalue weighted by Crippen LogP contribution is -2.60. The van der Waals surface area contributed by atoms with E-state index >= 15 is 0 Å². The number of amides is 1. The summed E-state index contributed by atoms with van der Waals surface area (Å²) < 4.78 is 11.2.